The minimum Gasteiger partial charge on any atom is -0.393 e. The van der Waals surface area contributed by atoms with Crippen molar-refractivity contribution in [1.29, 1.82) is 0 Å². The van der Waals surface area contributed by atoms with Crippen LogP contribution >= 0.6 is 24.8 Å². The number of hydrogen-bond donors (Lipinski definition) is 1. The van der Waals surface area contributed by atoms with E-state index >= 15 is 0 Å². The molecule has 0 bridgehead atoms. The minimum absolute atomic E-state index is 0. The summed E-state index contributed by atoms with van der Waals surface area (Å²) in [5.74, 6) is 0. The highest BCUT2D eigenvalue weighted by Gasteiger charge is 1.95. The molecule has 0 radical (unpaired) electrons. The molecular weight excluding hydrogens is 195 g/mol. The smallest absolute Gasteiger partial charge is 0.0552 e. The molecular formula is C9H14Cl2O. The molecule has 1 aromatic rings. The highest BCUT2D eigenvalue weighted by Crippen LogP contribution is 2.01. The van der Waals surface area contributed by atoms with E-state index in [1.165, 1.54) is 5.56 Å². The number of aliphatic hydroxyl groups is 1. The zero-order chi connectivity index (χ0) is 7.40. The average molecular weight is 209 g/mol. The molecule has 0 aliphatic rings. The lowest BCUT2D eigenvalue weighted by Gasteiger charge is -2.01. The number of halogens is 2. The van der Waals surface area contributed by atoms with Gasteiger partial charge in [0.2, 0.25) is 0 Å². The SMILES string of the molecule is CC(O)Cc1ccccc1.Cl.Cl. The first-order valence-electron chi connectivity index (χ1n) is 3.51. The summed E-state index contributed by atoms with van der Waals surface area (Å²) in [6, 6.07) is 9.99. The molecule has 0 heterocycles. The van der Waals surface area contributed by atoms with Crippen LogP contribution in [0.5, 0.6) is 0 Å². The molecule has 0 saturated carbocycles. The third-order valence-electron chi connectivity index (χ3n) is 1.37. The standard InChI is InChI=1S/C9H12O.2ClH/c1-8(10)7-9-5-3-2-4-6-9;;/h2-6,8,10H,7H2,1H3;2*1H. The lowest BCUT2D eigenvalue weighted by molar-refractivity contribution is 0.195. The third kappa shape index (κ3) is 5.42. The molecule has 12 heavy (non-hydrogen) atoms. The summed E-state index contributed by atoms with van der Waals surface area (Å²) >= 11 is 0. The summed E-state index contributed by atoms with van der Waals surface area (Å²) in [5, 5.41) is 9.01. The Labute approximate surface area is 85.6 Å². The van der Waals surface area contributed by atoms with Crippen LogP contribution in [0, 0.1) is 0 Å². The van der Waals surface area contributed by atoms with Crippen molar-refractivity contribution in [1.82, 2.24) is 0 Å². The Morgan fingerprint density at radius 2 is 1.67 bits per heavy atom. The van der Waals surface area contributed by atoms with Crippen molar-refractivity contribution in [2.24, 2.45) is 0 Å². The maximum absolute atomic E-state index is 9.01. The molecule has 0 aliphatic carbocycles. The van der Waals surface area contributed by atoms with E-state index < -0.39 is 0 Å². The summed E-state index contributed by atoms with van der Waals surface area (Å²) in [4.78, 5) is 0. The second-order valence-electron chi connectivity index (χ2n) is 2.54. The van der Waals surface area contributed by atoms with Crippen LogP contribution in [0.3, 0.4) is 0 Å². The zero-order valence-corrected chi connectivity index (χ0v) is 8.57. The van der Waals surface area contributed by atoms with E-state index in [1.807, 2.05) is 30.3 Å². The number of rotatable bonds is 2. The van der Waals surface area contributed by atoms with Crippen LogP contribution in [0.15, 0.2) is 30.3 Å². The van der Waals surface area contributed by atoms with Crippen molar-refractivity contribution < 1.29 is 5.11 Å². The number of aliphatic hydroxyl groups excluding tert-OH is 1. The van der Waals surface area contributed by atoms with Crippen molar-refractivity contribution >= 4 is 24.8 Å². The summed E-state index contributed by atoms with van der Waals surface area (Å²) in [6.45, 7) is 1.80. The number of hydrogen-bond acceptors (Lipinski definition) is 1. The highest BCUT2D eigenvalue weighted by atomic mass is 35.5. The Morgan fingerprint density at radius 3 is 2.08 bits per heavy atom. The monoisotopic (exact) mass is 208 g/mol. The van der Waals surface area contributed by atoms with Crippen LogP contribution < -0.4 is 0 Å². The molecule has 1 aromatic carbocycles. The first-order valence-corrected chi connectivity index (χ1v) is 3.51. The molecule has 0 aliphatic heterocycles. The van der Waals surface area contributed by atoms with Gasteiger partial charge in [0.05, 0.1) is 6.10 Å². The lowest BCUT2D eigenvalue weighted by atomic mass is 10.1. The summed E-state index contributed by atoms with van der Waals surface area (Å²) < 4.78 is 0. The topological polar surface area (TPSA) is 20.2 Å². The Morgan fingerprint density at radius 1 is 1.17 bits per heavy atom. The molecule has 70 valence electrons. The van der Waals surface area contributed by atoms with Gasteiger partial charge in [-0.05, 0) is 18.9 Å². The summed E-state index contributed by atoms with van der Waals surface area (Å²) in [6.07, 6.45) is 0.517. The maximum atomic E-state index is 9.01. The van der Waals surface area contributed by atoms with Gasteiger partial charge in [-0.1, -0.05) is 30.3 Å². The molecule has 1 unspecified atom stereocenters. The fourth-order valence-corrected chi connectivity index (χ4v) is 0.955. The van der Waals surface area contributed by atoms with Crippen LogP contribution in [0.2, 0.25) is 0 Å². The second-order valence-corrected chi connectivity index (χ2v) is 2.54. The molecule has 0 saturated heterocycles. The molecule has 1 atom stereocenters. The van der Waals surface area contributed by atoms with E-state index in [1.54, 1.807) is 6.92 Å². The van der Waals surface area contributed by atoms with Gasteiger partial charge in [-0.3, -0.25) is 0 Å². The van der Waals surface area contributed by atoms with Gasteiger partial charge in [0.15, 0.2) is 0 Å². The number of benzene rings is 1. The summed E-state index contributed by atoms with van der Waals surface area (Å²) in [7, 11) is 0. The molecule has 0 amide bonds. The van der Waals surface area contributed by atoms with Crippen LogP contribution in [0.25, 0.3) is 0 Å². The molecule has 1 N–H and O–H groups in total. The van der Waals surface area contributed by atoms with Gasteiger partial charge in [-0.2, -0.15) is 0 Å². The fourth-order valence-electron chi connectivity index (χ4n) is 0.955. The average Bonchev–Trinajstić information content (AvgIpc) is 1.88. The zero-order valence-electron chi connectivity index (χ0n) is 6.93. The maximum Gasteiger partial charge on any atom is 0.0552 e. The summed E-state index contributed by atoms with van der Waals surface area (Å²) in [5.41, 5.74) is 1.19. The van der Waals surface area contributed by atoms with Crippen molar-refractivity contribution in [3.05, 3.63) is 35.9 Å². The molecule has 1 rings (SSSR count). The van der Waals surface area contributed by atoms with E-state index in [4.69, 9.17) is 5.11 Å². The fraction of sp³-hybridized carbons (Fsp3) is 0.333. The van der Waals surface area contributed by atoms with Crippen molar-refractivity contribution in [2.45, 2.75) is 19.4 Å². The highest BCUT2D eigenvalue weighted by molar-refractivity contribution is 5.85. The van der Waals surface area contributed by atoms with Crippen LogP contribution in [-0.4, -0.2) is 11.2 Å². The molecule has 1 nitrogen and oxygen atoms in total. The van der Waals surface area contributed by atoms with Crippen molar-refractivity contribution in [3.8, 4) is 0 Å². The van der Waals surface area contributed by atoms with Gasteiger partial charge < -0.3 is 5.11 Å². The van der Waals surface area contributed by atoms with Gasteiger partial charge >= 0.3 is 0 Å². The van der Waals surface area contributed by atoms with Crippen LogP contribution in [-0.2, 0) is 6.42 Å². The second kappa shape index (κ2) is 7.41. The van der Waals surface area contributed by atoms with E-state index in [0.717, 1.165) is 6.42 Å². The third-order valence-corrected chi connectivity index (χ3v) is 1.37. The normalized spacial score (nSPS) is 10.8. The van der Waals surface area contributed by atoms with E-state index in [2.05, 4.69) is 0 Å². The predicted octanol–water partition coefficient (Wildman–Crippen LogP) is 2.45. The Balaban J connectivity index is 0. The predicted molar refractivity (Wildman–Crippen MR) is 56.3 cm³/mol. The van der Waals surface area contributed by atoms with Crippen molar-refractivity contribution in [3.63, 3.8) is 0 Å². The van der Waals surface area contributed by atoms with Gasteiger partial charge in [-0.15, -0.1) is 24.8 Å². The van der Waals surface area contributed by atoms with Gasteiger partial charge in [0.25, 0.3) is 0 Å². The largest absolute Gasteiger partial charge is 0.393 e. The van der Waals surface area contributed by atoms with Gasteiger partial charge in [0.1, 0.15) is 0 Å². The molecule has 0 aromatic heterocycles. The first kappa shape index (κ1) is 14.3. The lowest BCUT2D eigenvalue weighted by Crippen LogP contribution is -2.03. The van der Waals surface area contributed by atoms with Gasteiger partial charge in [-0.25, -0.2) is 0 Å². The first-order chi connectivity index (χ1) is 4.79. The van der Waals surface area contributed by atoms with Crippen molar-refractivity contribution in [2.75, 3.05) is 0 Å². The van der Waals surface area contributed by atoms with Gasteiger partial charge in [0, 0.05) is 0 Å². The Bertz CT molecular complexity index is 187. The molecule has 0 fully saturated rings. The Kier molecular flexibility index (Phi) is 8.83. The minimum atomic E-state index is -0.234. The van der Waals surface area contributed by atoms with E-state index in [-0.39, 0.29) is 30.9 Å². The quantitative estimate of drug-likeness (QED) is 0.793. The van der Waals surface area contributed by atoms with Crippen LogP contribution in [0.1, 0.15) is 12.5 Å². The Hall–Kier alpha value is -0.240. The molecule has 0 spiro atoms. The van der Waals surface area contributed by atoms with E-state index in [9.17, 15) is 0 Å². The van der Waals surface area contributed by atoms with Crippen LogP contribution in [0.4, 0.5) is 0 Å². The molecule has 3 heteroatoms. The van der Waals surface area contributed by atoms with E-state index in [0.29, 0.717) is 0 Å².